The van der Waals surface area contributed by atoms with Gasteiger partial charge in [0.05, 0.1) is 25.8 Å². The molecule has 184 valence electrons. The van der Waals surface area contributed by atoms with Crippen molar-refractivity contribution in [2.45, 2.75) is 19.4 Å². The predicted octanol–water partition coefficient (Wildman–Crippen LogP) is 4.94. The van der Waals surface area contributed by atoms with E-state index in [9.17, 15) is 4.79 Å². The fourth-order valence-corrected chi connectivity index (χ4v) is 4.15. The second kappa shape index (κ2) is 10.8. The van der Waals surface area contributed by atoms with Crippen LogP contribution in [0.5, 0.6) is 11.5 Å². The molecule has 4 rings (SSSR count). The summed E-state index contributed by atoms with van der Waals surface area (Å²) in [6, 6.07) is 11.9. The van der Waals surface area contributed by atoms with E-state index in [2.05, 4.69) is 15.5 Å². The molecular weight excluding hydrogens is 472 g/mol. The van der Waals surface area contributed by atoms with Crippen LogP contribution in [0.4, 0.5) is 4.79 Å². The van der Waals surface area contributed by atoms with Crippen LogP contribution in [-0.4, -0.2) is 55.6 Å². The molecule has 1 unspecified atom stereocenters. The van der Waals surface area contributed by atoms with Crippen molar-refractivity contribution in [3.8, 4) is 22.9 Å². The van der Waals surface area contributed by atoms with Crippen molar-refractivity contribution in [1.82, 2.24) is 20.4 Å². The Morgan fingerprint density at radius 2 is 1.83 bits per heavy atom. The number of nitrogens with zero attached hydrogens (tertiary/aromatic N) is 3. The minimum atomic E-state index is -0.542. The number of urea groups is 1. The van der Waals surface area contributed by atoms with Crippen molar-refractivity contribution in [2.75, 3.05) is 34.5 Å². The Balaban J connectivity index is 1.79. The minimum Gasteiger partial charge on any atom is -0.493 e. The molecule has 1 atom stereocenters. The van der Waals surface area contributed by atoms with Crippen LogP contribution < -0.4 is 14.8 Å². The Labute approximate surface area is 208 Å². The molecule has 0 spiro atoms. The van der Waals surface area contributed by atoms with E-state index < -0.39 is 6.04 Å². The molecule has 0 bridgehead atoms. The maximum Gasteiger partial charge on any atom is 0.322 e. The number of hydrogen-bond acceptors (Lipinski definition) is 7. The molecule has 3 aromatic rings. The number of rotatable bonds is 9. The number of methoxy groups -OCH3 is 3. The number of nitrogens with one attached hydrogen (secondary N) is 1. The van der Waals surface area contributed by atoms with Crippen molar-refractivity contribution in [3.63, 3.8) is 0 Å². The lowest BCUT2D eigenvalue weighted by molar-refractivity contribution is 0.174. The summed E-state index contributed by atoms with van der Waals surface area (Å²) in [5.41, 5.74) is 2.97. The number of hydrogen-bond donors (Lipinski definition) is 1. The highest BCUT2D eigenvalue weighted by Crippen LogP contribution is 2.40. The van der Waals surface area contributed by atoms with Gasteiger partial charge in [-0.3, -0.25) is 4.90 Å². The molecule has 0 radical (unpaired) electrons. The fourth-order valence-electron chi connectivity index (χ4n) is 4.03. The highest BCUT2D eigenvalue weighted by molar-refractivity contribution is 6.30. The Morgan fingerprint density at radius 1 is 1.09 bits per heavy atom. The number of benzene rings is 2. The van der Waals surface area contributed by atoms with E-state index in [0.717, 1.165) is 16.8 Å². The fraction of sp³-hybridized carbons (Fsp3) is 0.320. The number of ether oxygens (including phenoxy) is 3. The topological polar surface area (TPSA) is 99.0 Å². The van der Waals surface area contributed by atoms with Gasteiger partial charge in [0, 0.05) is 36.5 Å². The predicted molar refractivity (Wildman–Crippen MR) is 131 cm³/mol. The standard InChI is InChI=1S/C25H27ClN4O5/c1-15-21(24-28-23(29-35-24)16-6-9-18(26)10-7-16)22(27-25(31)30(15)12-5-13-32-2)17-8-11-19(33-3)20(14-17)34-4/h6-11,14,22H,5,12-13H2,1-4H3,(H,27,31). The van der Waals surface area contributed by atoms with E-state index in [0.29, 0.717) is 53.4 Å². The summed E-state index contributed by atoms with van der Waals surface area (Å²) in [4.78, 5) is 19.4. The van der Waals surface area contributed by atoms with E-state index >= 15 is 0 Å². The quantitative estimate of drug-likeness (QED) is 0.417. The van der Waals surface area contributed by atoms with Crippen molar-refractivity contribution < 1.29 is 23.5 Å². The SMILES string of the molecule is COCCCN1C(=O)NC(c2ccc(OC)c(OC)c2)C(c2nc(-c3ccc(Cl)cc3)no2)=C1C. The maximum absolute atomic E-state index is 13.1. The first kappa shape index (κ1) is 24.6. The average molecular weight is 499 g/mol. The first-order valence-corrected chi connectivity index (χ1v) is 11.4. The van der Waals surface area contributed by atoms with Crippen LogP contribution in [-0.2, 0) is 4.74 Å². The Bertz CT molecular complexity index is 1220. The third kappa shape index (κ3) is 5.11. The molecule has 1 aliphatic heterocycles. The van der Waals surface area contributed by atoms with Crippen molar-refractivity contribution in [2.24, 2.45) is 0 Å². The van der Waals surface area contributed by atoms with E-state index in [1.807, 2.05) is 31.2 Å². The van der Waals surface area contributed by atoms with Gasteiger partial charge in [-0.1, -0.05) is 22.8 Å². The average Bonchev–Trinajstić information content (AvgIpc) is 3.35. The summed E-state index contributed by atoms with van der Waals surface area (Å²) in [6.07, 6.45) is 0.676. The monoisotopic (exact) mass is 498 g/mol. The third-order valence-electron chi connectivity index (χ3n) is 5.83. The molecule has 2 heterocycles. The molecule has 0 aliphatic carbocycles. The van der Waals surface area contributed by atoms with E-state index in [4.69, 9.17) is 30.3 Å². The summed E-state index contributed by atoms with van der Waals surface area (Å²) in [5.74, 6) is 1.87. The van der Waals surface area contributed by atoms with Gasteiger partial charge in [-0.25, -0.2) is 4.79 Å². The van der Waals surface area contributed by atoms with Crippen LogP contribution in [0.2, 0.25) is 5.02 Å². The number of allylic oxidation sites excluding steroid dienone is 1. The van der Waals surface area contributed by atoms with Gasteiger partial charge in [0.2, 0.25) is 5.82 Å². The Hall–Kier alpha value is -3.56. The van der Waals surface area contributed by atoms with Gasteiger partial charge in [-0.15, -0.1) is 0 Å². The number of halogens is 1. The lowest BCUT2D eigenvalue weighted by atomic mass is 9.94. The van der Waals surface area contributed by atoms with Gasteiger partial charge >= 0.3 is 6.03 Å². The minimum absolute atomic E-state index is 0.223. The molecular formula is C25H27ClN4O5. The van der Waals surface area contributed by atoms with Gasteiger partial charge in [-0.05, 0) is 55.3 Å². The molecule has 1 aliphatic rings. The molecule has 10 heteroatoms. The van der Waals surface area contributed by atoms with Crippen LogP contribution in [0.15, 0.2) is 52.7 Å². The van der Waals surface area contributed by atoms with Gasteiger partial charge in [0.15, 0.2) is 11.5 Å². The first-order chi connectivity index (χ1) is 17.0. The zero-order valence-corrected chi connectivity index (χ0v) is 20.8. The zero-order valence-electron chi connectivity index (χ0n) is 20.0. The van der Waals surface area contributed by atoms with Crippen molar-refractivity contribution >= 4 is 23.2 Å². The van der Waals surface area contributed by atoms with Crippen LogP contribution in [0.25, 0.3) is 17.0 Å². The first-order valence-electron chi connectivity index (χ1n) is 11.1. The lowest BCUT2D eigenvalue weighted by Crippen LogP contribution is -2.46. The summed E-state index contributed by atoms with van der Waals surface area (Å²) >= 11 is 6.01. The molecule has 9 nitrogen and oxygen atoms in total. The zero-order chi connectivity index (χ0) is 24.9. The second-order valence-electron chi connectivity index (χ2n) is 7.92. The van der Waals surface area contributed by atoms with Crippen molar-refractivity contribution in [1.29, 1.82) is 0 Å². The maximum atomic E-state index is 13.1. The molecule has 0 fully saturated rings. The van der Waals surface area contributed by atoms with Crippen LogP contribution >= 0.6 is 11.6 Å². The molecule has 1 aromatic heterocycles. The van der Waals surface area contributed by atoms with E-state index in [1.165, 1.54) is 0 Å². The summed E-state index contributed by atoms with van der Waals surface area (Å²) in [5, 5.41) is 7.87. The van der Waals surface area contributed by atoms with Gasteiger partial charge < -0.3 is 24.1 Å². The van der Waals surface area contributed by atoms with Crippen LogP contribution in [0.1, 0.15) is 30.8 Å². The number of carbonyl (C=O) groups is 1. The Kier molecular flexibility index (Phi) is 7.57. The highest BCUT2D eigenvalue weighted by Gasteiger charge is 2.36. The van der Waals surface area contributed by atoms with Gasteiger partial charge in [0.25, 0.3) is 5.89 Å². The number of amides is 2. The molecule has 35 heavy (non-hydrogen) atoms. The summed E-state index contributed by atoms with van der Waals surface area (Å²) < 4.78 is 21.7. The highest BCUT2D eigenvalue weighted by atomic mass is 35.5. The van der Waals surface area contributed by atoms with E-state index in [-0.39, 0.29) is 6.03 Å². The van der Waals surface area contributed by atoms with Gasteiger partial charge in [0.1, 0.15) is 0 Å². The smallest absolute Gasteiger partial charge is 0.322 e. The second-order valence-corrected chi connectivity index (χ2v) is 8.36. The molecule has 2 aromatic carbocycles. The molecule has 1 N–H and O–H groups in total. The normalized spacial score (nSPS) is 15.9. The van der Waals surface area contributed by atoms with Crippen LogP contribution in [0, 0.1) is 0 Å². The number of carbonyl (C=O) groups excluding carboxylic acids is 1. The largest absolute Gasteiger partial charge is 0.493 e. The number of aromatic nitrogens is 2. The van der Waals surface area contributed by atoms with Crippen molar-refractivity contribution in [3.05, 3.63) is 64.6 Å². The molecule has 0 saturated carbocycles. The Morgan fingerprint density at radius 3 is 2.51 bits per heavy atom. The summed E-state index contributed by atoms with van der Waals surface area (Å²) in [6.45, 7) is 2.89. The van der Waals surface area contributed by atoms with Crippen LogP contribution in [0.3, 0.4) is 0 Å². The van der Waals surface area contributed by atoms with E-state index in [1.54, 1.807) is 44.4 Å². The van der Waals surface area contributed by atoms with Gasteiger partial charge in [-0.2, -0.15) is 4.98 Å². The molecule has 2 amide bonds. The lowest BCUT2D eigenvalue weighted by Gasteiger charge is -2.35. The molecule has 0 saturated heterocycles. The third-order valence-corrected chi connectivity index (χ3v) is 6.08. The summed E-state index contributed by atoms with van der Waals surface area (Å²) in [7, 11) is 4.77.